The van der Waals surface area contributed by atoms with Crippen molar-refractivity contribution in [1.82, 2.24) is 0 Å². The normalized spacial score (nSPS) is 14.0. The van der Waals surface area contributed by atoms with Crippen molar-refractivity contribution in [3.63, 3.8) is 0 Å². The van der Waals surface area contributed by atoms with Crippen LogP contribution in [0.4, 0.5) is 5.69 Å². The second-order valence-electron chi connectivity index (χ2n) is 4.68. The number of nitrogens with two attached hydrogens (primary N) is 1. The van der Waals surface area contributed by atoms with Gasteiger partial charge in [-0.1, -0.05) is 19.1 Å². The number of hydrogen-bond acceptors (Lipinski definition) is 3. The highest BCUT2D eigenvalue weighted by Crippen LogP contribution is 2.27. The van der Waals surface area contributed by atoms with E-state index in [-0.39, 0.29) is 10.9 Å². The maximum Gasteiger partial charge on any atom is 0.237 e. The van der Waals surface area contributed by atoms with Crippen molar-refractivity contribution < 1.29 is 4.79 Å². The van der Waals surface area contributed by atoms with E-state index in [2.05, 4.69) is 5.32 Å². The number of thiophene rings is 1. The number of anilines is 1. The number of carbonyl (C=O) groups is 1. The van der Waals surface area contributed by atoms with Gasteiger partial charge in [0.1, 0.15) is 0 Å². The Balaban J connectivity index is 2.24. The Kier molecular flexibility index (Phi) is 3.87. The third-order valence-electron chi connectivity index (χ3n) is 3.46. The van der Waals surface area contributed by atoms with Gasteiger partial charge in [0, 0.05) is 10.4 Å². The van der Waals surface area contributed by atoms with Crippen molar-refractivity contribution in [3.8, 4) is 0 Å². The van der Waals surface area contributed by atoms with Gasteiger partial charge < -0.3 is 11.1 Å². The third-order valence-corrected chi connectivity index (χ3v) is 4.81. The number of benzene rings is 1. The van der Waals surface area contributed by atoms with Gasteiger partial charge in [0.05, 0.1) is 10.4 Å². The highest BCUT2D eigenvalue weighted by molar-refractivity contribution is 7.80. The molecule has 0 saturated heterocycles. The molecule has 0 aliphatic rings. The molecule has 1 aromatic heterocycles. The lowest BCUT2D eigenvalue weighted by atomic mass is 9.86. The SMILES string of the molecule is CCC(C)(C(=O)Nc1ccc2sccc2c1)C(N)=S. The lowest BCUT2D eigenvalue weighted by molar-refractivity contribution is -0.121. The predicted molar refractivity (Wildman–Crippen MR) is 85.6 cm³/mol. The summed E-state index contributed by atoms with van der Waals surface area (Å²) in [5.74, 6) is -0.155. The summed E-state index contributed by atoms with van der Waals surface area (Å²) in [6, 6.07) is 7.88. The Morgan fingerprint density at radius 2 is 2.21 bits per heavy atom. The van der Waals surface area contributed by atoms with Crippen molar-refractivity contribution in [1.29, 1.82) is 0 Å². The molecule has 0 aliphatic heterocycles. The summed E-state index contributed by atoms with van der Waals surface area (Å²) in [5.41, 5.74) is 5.65. The predicted octanol–water partition coefficient (Wildman–Crippen LogP) is 3.54. The van der Waals surface area contributed by atoms with Gasteiger partial charge in [-0.25, -0.2) is 0 Å². The van der Waals surface area contributed by atoms with Crippen LogP contribution in [-0.2, 0) is 4.79 Å². The lowest BCUT2D eigenvalue weighted by Gasteiger charge is -2.25. The molecule has 1 heterocycles. The average Bonchev–Trinajstić information content (AvgIpc) is 2.84. The maximum atomic E-state index is 12.3. The van der Waals surface area contributed by atoms with E-state index >= 15 is 0 Å². The topological polar surface area (TPSA) is 55.1 Å². The van der Waals surface area contributed by atoms with Gasteiger partial charge in [0.25, 0.3) is 0 Å². The Labute approximate surface area is 121 Å². The molecule has 0 fully saturated rings. The number of hydrogen-bond donors (Lipinski definition) is 2. The first-order valence-corrected chi connectivity index (χ1v) is 7.35. The summed E-state index contributed by atoms with van der Waals surface area (Å²) in [4.78, 5) is 12.5. The van der Waals surface area contributed by atoms with Gasteiger partial charge in [0.2, 0.25) is 5.91 Å². The number of thiocarbonyl (C=S) groups is 1. The summed E-state index contributed by atoms with van der Waals surface area (Å²) in [6.07, 6.45) is 0.578. The molecule has 0 spiro atoms. The summed E-state index contributed by atoms with van der Waals surface area (Å²) in [6.45, 7) is 3.68. The molecular weight excluding hydrogens is 276 g/mol. The molecule has 3 N–H and O–H groups in total. The Bertz CT molecular complexity index is 635. The van der Waals surface area contributed by atoms with E-state index < -0.39 is 5.41 Å². The molecule has 2 rings (SSSR count). The van der Waals surface area contributed by atoms with Crippen LogP contribution in [0.5, 0.6) is 0 Å². The van der Waals surface area contributed by atoms with E-state index in [4.69, 9.17) is 18.0 Å². The fraction of sp³-hybridized carbons (Fsp3) is 0.286. The van der Waals surface area contributed by atoms with Gasteiger partial charge in [0.15, 0.2) is 0 Å². The van der Waals surface area contributed by atoms with Gasteiger partial charge >= 0.3 is 0 Å². The minimum absolute atomic E-state index is 0.155. The Morgan fingerprint density at radius 3 is 2.84 bits per heavy atom. The number of rotatable bonds is 4. The van der Waals surface area contributed by atoms with E-state index in [1.54, 1.807) is 18.3 Å². The van der Waals surface area contributed by atoms with Crippen LogP contribution < -0.4 is 11.1 Å². The zero-order chi connectivity index (χ0) is 14.0. The van der Waals surface area contributed by atoms with Gasteiger partial charge in [-0.3, -0.25) is 4.79 Å². The van der Waals surface area contributed by atoms with E-state index in [1.807, 2.05) is 36.6 Å². The van der Waals surface area contributed by atoms with Crippen LogP contribution in [0.1, 0.15) is 20.3 Å². The van der Waals surface area contributed by atoms with Crippen LogP contribution in [0.15, 0.2) is 29.6 Å². The fourth-order valence-electron chi connectivity index (χ4n) is 1.76. The molecular formula is C14H16N2OS2. The van der Waals surface area contributed by atoms with Crippen LogP contribution in [0.25, 0.3) is 10.1 Å². The number of carbonyl (C=O) groups excluding carboxylic acids is 1. The molecule has 1 atom stereocenters. The minimum Gasteiger partial charge on any atom is -0.392 e. The molecule has 5 heteroatoms. The second-order valence-corrected chi connectivity index (χ2v) is 6.06. The molecule has 1 unspecified atom stereocenters. The van der Waals surface area contributed by atoms with Crippen LogP contribution in [-0.4, -0.2) is 10.9 Å². The summed E-state index contributed by atoms with van der Waals surface area (Å²) in [7, 11) is 0. The molecule has 0 aliphatic carbocycles. The molecule has 100 valence electrons. The Morgan fingerprint density at radius 1 is 1.47 bits per heavy atom. The molecule has 2 aromatic rings. The first-order chi connectivity index (χ1) is 8.97. The molecule has 0 radical (unpaired) electrons. The minimum atomic E-state index is -0.807. The first kappa shape index (κ1) is 14.0. The van der Waals surface area contributed by atoms with Crippen LogP contribution >= 0.6 is 23.6 Å². The first-order valence-electron chi connectivity index (χ1n) is 6.06. The van der Waals surface area contributed by atoms with E-state index in [0.29, 0.717) is 6.42 Å². The van der Waals surface area contributed by atoms with Crippen molar-refractivity contribution >= 4 is 50.2 Å². The third kappa shape index (κ3) is 2.62. The quantitative estimate of drug-likeness (QED) is 0.847. The number of nitrogens with one attached hydrogen (secondary N) is 1. The van der Waals surface area contributed by atoms with Crippen molar-refractivity contribution in [2.75, 3.05) is 5.32 Å². The van der Waals surface area contributed by atoms with Gasteiger partial charge in [-0.2, -0.15) is 0 Å². The summed E-state index contributed by atoms with van der Waals surface area (Å²) in [5, 5.41) is 6.05. The second kappa shape index (κ2) is 5.27. The van der Waals surface area contributed by atoms with Crippen molar-refractivity contribution in [2.45, 2.75) is 20.3 Å². The number of amides is 1. The molecule has 0 bridgehead atoms. The van der Waals surface area contributed by atoms with Crippen LogP contribution in [0, 0.1) is 5.41 Å². The summed E-state index contributed by atoms with van der Waals surface area (Å²) < 4.78 is 1.20. The molecule has 1 aromatic carbocycles. The highest BCUT2D eigenvalue weighted by Gasteiger charge is 2.34. The average molecular weight is 292 g/mol. The van der Waals surface area contributed by atoms with E-state index in [9.17, 15) is 4.79 Å². The van der Waals surface area contributed by atoms with Gasteiger partial charge in [-0.05, 0) is 48.4 Å². The van der Waals surface area contributed by atoms with Crippen molar-refractivity contribution in [2.24, 2.45) is 11.1 Å². The highest BCUT2D eigenvalue weighted by atomic mass is 32.1. The lowest BCUT2D eigenvalue weighted by Crippen LogP contribution is -2.43. The van der Waals surface area contributed by atoms with Crippen LogP contribution in [0.3, 0.4) is 0 Å². The molecule has 3 nitrogen and oxygen atoms in total. The van der Waals surface area contributed by atoms with E-state index in [0.717, 1.165) is 11.1 Å². The monoisotopic (exact) mass is 292 g/mol. The smallest absolute Gasteiger partial charge is 0.237 e. The fourth-order valence-corrected chi connectivity index (χ4v) is 2.77. The van der Waals surface area contributed by atoms with Crippen LogP contribution in [0.2, 0.25) is 0 Å². The standard InChI is InChI=1S/C14H16N2OS2/c1-3-14(2,12(15)18)13(17)16-10-4-5-11-9(8-10)6-7-19-11/h4-8H,3H2,1-2H3,(H2,15,18)(H,16,17). The zero-order valence-electron chi connectivity index (χ0n) is 10.9. The van der Waals surface area contributed by atoms with Crippen molar-refractivity contribution in [3.05, 3.63) is 29.6 Å². The Hall–Kier alpha value is -1.46. The summed E-state index contributed by atoms with van der Waals surface area (Å²) >= 11 is 6.68. The zero-order valence-corrected chi connectivity index (χ0v) is 12.5. The maximum absolute atomic E-state index is 12.3. The number of fused-ring (bicyclic) bond motifs is 1. The molecule has 1 amide bonds. The molecule has 19 heavy (non-hydrogen) atoms. The molecule has 0 saturated carbocycles. The van der Waals surface area contributed by atoms with Gasteiger partial charge in [-0.15, -0.1) is 11.3 Å². The largest absolute Gasteiger partial charge is 0.392 e. The van der Waals surface area contributed by atoms with E-state index in [1.165, 1.54) is 4.70 Å².